The molecule has 0 aliphatic carbocycles. The van der Waals surface area contributed by atoms with Gasteiger partial charge in [-0.15, -0.1) is 0 Å². The number of nitrogens with one attached hydrogen (secondary N) is 3. The van der Waals surface area contributed by atoms with E-state index in [4.69, 9.17) is 0 Å². The zero-order valence-corrected chi connectivity index (χ0v) is 11.3. The van der Waals surface area contributed by atoms with E-state index in [1.54, 1.807) is 0 Å². The molecule has 0 bridgehead atoms. The quantitative estimate of drug-likeness (QED) is 0.585. The minimum absolute atomic E-state index is 0.228. The van der Waals surface area contributed by atoms with Crippen LogP contribution in [-0.4, -0.2) is 37.3 Å². The summed E-state index contributed by atoms with van der Waals surface area (Å²) in [6, 6.07) is 0. The van der Waals surface area contributed by atoms with E-state index in [-0.39, 0.29) is 11.1 Å². The molecule has 3 heteroatoms. The maximum Gasteiger partial charge on any atom is 0.00970 e. The molecular weight excluding hydrogens is 186 g/mol. The summed E-state index contributed by atoms with van der Waals surface area (Å²) in [4.78, 5) is 0. The molecule has 0 fully saturated rings. The largest absolute Gasteiger partial charge is 0.314 e. The highest BCUT2D eigenvalue weighted by Gasteiger charge is 2.08. The maximum absolute atomic E-state index is 3.45. The van der Waals surface area contributed by atoms with Crippen molar-refractivity contribution in [1.82, 2.24) is 16.0 Å². The molecule has 0 spiro atoms. The predicted molar refractivity (Wildman–Crippen MR) is 68.4 cm³/mol. The zero-order chi connectivity index (χ0) is 11.9. The lowest BCUT2D eigenvalue weighted by Gasteiger charge is -2.22. The summed E-state index contributed by atoms with van der Waals surface area (Å²) in [5.41, 5.74) is 0.455. The third-order valence-electron chi connectivity index (χ3n) is 1.91. The first-order valence-corrected chi connectivity index (χ1v) is 5.91. The fraction of sp³-hybridized carbons (Fsp3) is 1.00. The van der Waals surface area contributed by atoms with Crippen LogP contribution in [0.15, 0.2) is 0 Å². The highest BCUT2D eigenvalue weighted by Crippen LogP contribution is 1.97. The van der Waals surface area contributed by atoms with Gasteiger partial charge in [-0.1, -0.05) is 0 Å². The van der Waals surface area contributed by atoms with Gasteiger partial charge in [0.15, 0.2) is 0 Å². The van der Waals surface area contributed by atoms with Gasteiger partial charge in [0.1, 0.15) is 0 Å². The van der Waals surface area contributed by atoms with Crippen molar-refractivity contribution < 1.29 is 0 Å². The highest BCUT2D eigenvalue weighted by atomic mass is 15.0. The minimum atomic E-state index is 0.228. The first-order valence-electron chi connectivity index (χ1n) is 5.91. The Morgan fingerprint density at radius 2 is 0.933 bits per heavy atom. The van der Waals surface area contributed by atoms with E-state index in [0.29, 0.717) is 0 Å². The van der Waals surface area contributed by atoms with Gasteiger partial charge in [0, 0.05) is 37.3 Å². The fourth-order valence-corrected chi connectivity index (χ4v) is 1.18. The van der Waals surface area contributed by atoms with E-state index in [1.165, 1.54) is 0 Å². The van der Waals surface area contributed by atoms with Gasteiger partial charge in [0.2, 0.25) is 0 Å². The molecule has 0 amide bonds. The summed E-state index contributed by atoms with van der Waals surface area (Å²) in [6.45, 7) is 17.2. The molecule has 92 valence electrons. The standard InChI is InChI=1S/C12H29N3/c1-11(2,3)14-9-7-13-8-10-15-12(4,5)6/h13-15H,7-10H2,1-6H3. The molecular formula is C12H29N3. The van der Waals surface area contributed by atoms with Crippen molar-refractivity contribution in [3.05, 3.63) is 0 Å². The average molecular weight is 215 g/mol. The van der Waals surface area contributed by atoms with Crippen LogP contribution in [0.5, 0.6) is 0 Å². The van der Waals surface area contributed by atoms with E-state index in [0.717, 1.165) is 26.2 Å². The van der Waals surface area contributed by atoms with Gasteiger partial charge in [-0.2, -0.15) is 0 Å². The second kappa shape index (κ2) is 6.46. The third kappa shape index (κ3) is 13.9. The number of hydrogen-bond donors (Lipinski definition) is 3. The molecule has 0 heterocycles. The number of rotatable bonds is 6. The van der Waals surface area contributed by atoms with Gasteiger partial charge in [0.25, 0.3) is 0 Å². The van der Waals surface area contributed by atoms with E-state index < -0.39 is 0 Å². The summed E-state index contributed by atoms with van der Waals surface area (Å²) in [6.07, 6.45) is 0. The molecule has 0 aliphatic heterocycles. The molecule has 0 unspecified atom stereocenters. The minimum Gasteiger partial charge on any atom is -0.314 e. The average Bonchev–Trinajstić information content (AvgIpc) is 1.98. The van der Waals surface area contributed by atoms with Crippen LogP contribution in [-0.2, 0) is 0 Å². The molecule has 3 nitrogen and oxygen atoms in total. The van der Waals surface area contributed by atoms with Crippen LogP contribution in [0.25, 0.3) is 0 Å². The summed E-state index contributed by atoms with van der Waals surface area (Å²) in [5.74, 6) is 0. The second-order valence-electron chi connectivity index (χ2n) is 6.10. The van der Waals surface area contributed by atoms with E-state index >= 15 is 0 Å². The fourth-order valence-electron chi connectivity index (χ4n) is 1.18. The molecule has 0 aromatic heterocycles. The van der Waals surface area contributed by atoms with Crippen LogP contribution in [0.2, 0.25) is 0 Å². The first kappa shape index (κ1) is 14.9. The van der Waals surface area contributed by atoms with Crippen LogP contribution in [0.1, 0.15) is 41.5 Å². The van der Waals surface area contributed by atoms with Crippen molar-refractivity contribution in [1.29, 1.82) is 0 Å². The van der Waals surface area contributed by atoms with Crippen LogP contribution >= 0.6 is 0 Å². The molecule has 3 N–H and O–H groups in total. The number of hydrogen-bond acceptors (Lipinski definition) is 3. The van der Waals surface area contributed by atoms with E-state index in [1.807, 2.05) is 0 Å². The zero-order valence-electron chi connectivity index (χ0n) is 11.3. The molecule has 0 saturated heterocycles. The van der Waals surface area contributed by atoms with Gasteiger partial charge in [-0.05, 0) is 41.5 Å². The summed E-state index contributed by atoms with van der Waals surface area (Å²) in [7, 11) is 0. The Labute approximate surface area is 95.4 Å². The van der Waals surface area contributed by atoms with Crippen molar-refractivity contribution in [3.63, 3.8) is 0 Å². The first-order chi connectivity index (χ1) is 6.71. The topological polar surface area (TPSA) is 36.1 Å². The van der Waals surface area contributed by atoms with Gasteiger partial charge in [0.05, 0.1) is 0 Å². The second-order valence-corrected chi connectivity index (χ2v) is 6.10. The monoisotopic (exact) mass is 215 g/mol. The maximum atomic E-state index is 3.45. The lowest BCUT2D eigenvalue weighted by molar-refractivity contribution is 0.406. The van der Waals surface area contributed by atoms with Crippen LogP contribution < -0.4 is 16.0 Å². The van der Waals surface area contributed by atoms with E-state index in [2.05, 4.69) is 57.5 Å². The Morgan fingerprint density at radius 3 is 1.20 bits per heavy atom. The van der Waals surface area contributed by atoms with Crippen molar-refractivity contribution >= 4 is 0 Å². The van der Waals surface area contributed by atoms with Crippen molar-refractivity contribution in [2.45, 2.75) is 52.6 Å². The van der Waals surface area contributed by atoms with Crippen LogP contribution in [0.3, 0.4) is 0 Å². The van der Waals surface area contributed by atoms with Crippen molar-refractivity contribution in [2.24, 2.45) is 0 Å². The normalized spacial score (nSPS) is 13.2. The molecule has 0 aromatic carbocycles. The summed E-state index contributed by atoms with van der Waals surface area (Å²) in [5, 5.41) is 10.3. The molecule has 0 saturated carbocycles. The van der Waals surface area contributed by atoms with Crippen molar-refractivity contribution in [2.75, 3.05) is 26.2 Å². The molecule has 0 radical (unpaired) electrons. The molecule has 0 atom stereocenters. The van der Waals surface area contributed by atoms with Crippen LogP contribution in [0, 0.1) is 0 Å². The molecule has 0 aliphatic rings. The Kier molecular flexibility index (Phi) is 6.41. The Hall–Kier alpha value is -0.120. The Balaban J connectivity index is 3.20. The van der Waals surface area contributed by atoms with Crippen LogP contribution in [0.4, 0.5) is 0 Å². The third-order valence-corrected chi connectivity index (χ3v) is 1.91. The molecule has 0 aromatic rings. The smallest absolute Gasteiger partial charge is 0.00970 e. The summed E-state index contributed by atoms with van der Waals surface area (Å²) >= 11 is 0. The van der Waals surface area contributed by atoms with Gasteiger partial charge in [-0.3, -0.25) is 0 Å². The predicted octanol–water partition coefficient (Wildman–Crippen LogP) is 1.35. The summed E-state index contributed by atoms with van der Waals surface area (Å²) < 4.78 is 0. The SMILES string of the molecule is CC(C)(C)NCCNCCNC(C)(C)C. The van der Waals surface area contributed by atoms with E-state index in [9.17, 15) is 0 Å². The van der Waals surface area contributed by atoms with Gasteiger partial charge in [-0.25, -0.2) is 0 Å². The van der Waals surface area contributed by atoms with Gasteiger partial charge >= 0.3 is 0 Å². The lowest BCUT2D eigenvalue weighted by Crippen LogP contribution is -2.43. The lowest BCUT2D eigenvalue weighted by atomic mass is 10.1. The molecule has 15 heavy (non-hydrogen) atoms. The molecule has 0 rings (SSSR count). The Morgan fingerprint density at radius 1 is 0.600 bits per heavy atom. The highest BCUT2D eigenvalue weighted by molar-refractivity contribution is 4.72. The van der Waals surface area contributed by atoms with Gasteiger partial charge < -0.3 is 16.0 Å². The Bertz CT molecular complexity index is 135. The van der Waals surface area contributed by atoms with Crippen molar-refractivity contribution in [3.8, 4) is 0 Å².